The number of aliphatic hydroxyl groups excluding tert-OH is 1. The first-order valence-electron chi connectivity index (χ1n) is 4.34. The van der Waals surface area contributed by atoms with Gasteiger partial charge in [-0.15, -0.1) is 0 Å². The summed E-state index contributed by atoms with van der Waals surface area (Å²) >= 11 is 0. The van der Waals surface area contributed by atoms with E-state index in [0.29, 0.717) is 18.9 Å². The first kappa shape index (κ1) is 9.48. The number of carbonyl (C=O) groups is 1. The van der Waals surface area contributed by atoms with Crippen LogP contribution in [0.15, 0.2) is 0 Å². The van der Waals surface area contributed by atoms with Crippen molar-refractivity contribution in [2.24, 2.45) is 5.92 Å². The Balaban J connectivity index is 2.03. The summed E-state index contributed by atoms with van der Waals surface area (Å²) in [6, 6.07) is 0. The van der Waals surface area contributed by atoms with Gasteiger partial charge >= 0.3 is 0 Å². The van der Waals surface area contributed by atoms with Crippen molar-refractivity contribution in [3.63, 3.8) is 0 Å². The first-order chi connectivity index (χ1) is 5.68. The predicted molar refractivity (Wildman–Crippen MR) is 45.7 cm³/mol. The van der Waals surface area contributed by atoms with Crippen LogP contribution in [0.1, 0.15) is 13.3 Å². The average molecular weight is 172 g/mol. The van der Waals surface area contributed by atoms with E-state index in [1.165, 1.54) is 0 Å². The summed E-state index contributed by atoms with van der Waals surface area (Å²) in [4.78, 5) is 11.1. The molecule has 1 aliphatic heterocycles. The second-order valence-corrected chi connectivity index (χ2v) is 3.38. The fraction of sp³-hybridized carbons (Fsp3) is 0.875. The Morgan fingerprint density at radius 1 is 1.75 bits per heavy atom. The van der Waals surface area contributed by atoms with Crippen LogP contribution in [0.2, 0.25) is 0 Å². The van der Waals surface area contributed by atoms with Crippen LogP contribution in [-0.4, -0.2) is 36.8 Å². The molecule has 0 radical (unpaired) electrons. The molecule has 4 heteroatoms. The molecule has 1 saturated heterocycles. The van der Waals surface area contributed by atoms with Gasteiger partial charge in [0.25, 0.3) is 0 Å². The van der Waals surface area contributed by atoms with Gasteiger partial charge in [-0.25, -0.2) is 0 Å². The highest BCUT2D eigenvalue weighted by molar-refractivity contribution is 5.76. The highest BCUT2D eigenvalue weighted by Crippen LogP contribution is 2.07. The van der Waals surface area contributed by atoms with E-state index in [9.17, 15) is 4.79 Å². The summed E-state index contributed by atoms with van der Waals surface area (Å²) in [5, 5.41) is 14.6. The molecule has 0 aromatic carbocycles. The monoisotopic (exact) mass is 172 g/mol. The zero-order valence-electron chi connectivity index (χ0n) is 7.34. The van der Waals surface area contributed by atoms with Crippen molar-refractivity contribution < 1.29 is 9.90 Å². The van der Waals surface area contributed by atoms with Gasteiger partial charge in [-0.05, 0) is 25.9 Å². The topological polar surface area (TPSA) is 61.4 Å². The predicted octanol–water partition coefficient (Wildman–Crippen LogP) is -0.907. The quantitative estimate of drug-likeness (QED) is 0.514. The molecule has 0 saturated carbocycles. The molecular formula is C8H16N2O2. The number of hydrogen-bond donors (Lipinski definition) is 3. The van der Waals surface area contributed by atoms with Crippen LogP contribution in [0.25, 0.3) is 0 Å². The van der Waals surface area contributed by atoms with Crippen molar-refractivity contribution in [1.29, 1.82) is 0 Å². The van der Waals surface area contributed by atoms with Crippen molar-refractivity contribution in [2.75, 3.05) is 19.6 Å². The van der Waals surface area contributed by atoms with Crippen LogP contribution < -0.4 is 10.6 Å². The van der Waals surface area contributed by atoms with E-state index in [-0.39, 0.29) is 5.91 Å². The maximum atomic E-state index is 11.1. The number of nitrogens with one attached hydrogen (secondary N) is 2. The Labute approximate surface area is 72.3 Å². The van der Waals surface area contributed by atoms with Gasteiger partial charge < -0.3 is 15.7 Å². The van der Waals surface area contributed by atoms with Crippen LogP contribution in [0.5, 0.6) is 0 Å². The molecule has 1 heterocycles. The van der Waals surface area contributed by atoms with Gasteiger partial charge in [-0.1, -0.05) is 0 Å². The molecule has 0 unspecified atom stereocenters. The third kappa shape index (κ3) is 3.19. The minimum absolute atomic E-state index is 0.0439. The molecular weight excluding hydrogens is 156 g/mol. The number of carbonyl (C=O) groups excluding carboxylic acids is 1. The number of aliphatic hydroxyl groups is 1. The summed E-state index contributed by atoms with van der Waals surface area (Å²) in [5.74, 6) is 0.543. The van der Waals surface area contributed by atoms with Gasteiger partial charge in [0.1, 0.15) is 0 Å². The van der Waals surface area contributed by atoms with Crippen LogP contribution in [0.4, 0.5) is 0 Å². The molecule has 1 amide bonds. The van der Waals surface area contributed by atoms with E-state index in [2.05, 4.69) is 10.6 Å². The van der Waals surface area contributed by atoms with Gasteiger partial charge in [0, 0.05) is 13.0 Å². The Hall–Kier alpha value is -0.610. The third-order valence-corrected chi connectivity index (χ3v) is 1.93. The largest absolute Gasteiger partial charge is 0.392 e. The Bertz CT molecular complexity index is 155. The highest BCUT2D eigenvalue weighted by atomic mass is 16.3. The molecule has 70 valence electrons. The molecule has 0 aromatic rings. The van der Waals surface area contributed by atoms with Gasteiger partial charge in [-0.2, -0.15) is 0 Å². The van der Waals surface area contributed by atoms with Gasteiger partial charge in [0.2, 0.25) is 5.91 Å². The summed E-state index contributed by atoms with van der Waals surface area (Å²) < 4.78 is 0. The molecule has 1 atom stereocenters. The molecule has 1 rings (SSSR count). The molecule has 3 N–H and O–H groups in total. The minimum Gasteiger partial charge on any atom is -0.392 e. The average Bonchev–Trinajstić information content (AvgIpc) is 1.93. The third-order valence-electron chi connectivity index (χ3n) is 1.93. The molecule has 0 aromatic heterocycles. The number of hydrogen-bond acceptors (Lipinski definition) is 3. The van der Waals surface area contributed by atoms with E-state index in [4.69, 9.17) is 5.11 Å². The molecule has 1 aliphatic rings. The van der Waals surface area contributed by atoms with Crippen molar-refractivity contribution >= 4 is 5.91 Å². The zero-order chi connectivity index (χ0) is 8.97. The molecule has 0 bridgehead atoms. The van der Waals surface area contributed by atoms with Crippen LogP contribution >= 0.6 is 0 Å². The lowest BCUT2D eigenvalue weighted by atomic mass is 9.99. The number of rotatable bonds is 4. The van der Waals surface area contributed by atoms with E-state index in [1.54, 1.807) is 6.92 Å². The fourth-order valence-electron chi connectivity index (χ4n) is 1.09. The molecule has 0 aliphatic carbocycles. The second-order valence-electron chi connectivity index (χ2n) is 3.38. The van der Waals surface area contributed by atoms with Crippen molar-refractivity contribution in [1.82, 2.24) is 10.6 Å². The maximum absolute atomic E-state index is 11.1. The SMILES string of the molecule is C[C@H](O)CNC(=O)CC1CNC1. The molecule has 12 heavy (non-hydrogen) atoms. The van der Waals surface area contributed by atoms with Crippen LogP contribution in [0, 0.1) is 5.92 Å². The first-order valence-corrected chi connectivity index (χ1v) is 4.34. The Morgan fingerprint density at radius 3 is 2.83 bits per heavy atom. The van der Waals surface area contributed by atoms with Crippen molar-refractivity contribution in [3.05, 3.63) is 0 Å². The second kappa shape index (κ2) is 4.42. The van der Waals surface area contributed by atoms with Crippen molar-refractivity contribution in [2.45, 2.75) is 19.4 Å². The molecule has 1 fully saturated rings. The van der Waals surface area contributed by atoms with Crippen LogP contribution in [0.3, 0.4) is 0 Å². The lowest BCUT2D eigenvalue weighted by Gasteiger charge is -2.26. The van der Waals surface area contributed by atoms with E-state index in [1.807, 2.05) is 0 Å². The Morgan fingerprint density at radius 2 is 2.42 bits per heavy atom. The fourth-order valence-corrected chi connectivity index (χ4v) is 1.09. The highest BCUT2D eigenvalue weighted by Gasteiger charge is 2.19. The lowest BCUT2D eigenvalue weighted by Crippen LogP contribution is -2.45. The maximum Gasteiger partial charge on any atom is 0.220 e. The summed E-state index contributed by atoms with van der Waals surface area (Å²) in [5.41, 5.74) is 0. The number of amides is 1. The molecule has 0 spiro atoms. The van der Waals surface area contributed by atoms with Crippen LogP contribution in [-0.2, 0) is 4.79 Å². The summed E-state index contributed by atoms with van der Waals surface area (Å²) in [6.45, 7) is 3.91. The summed E-state index contributed by atoms with van der Waals surface area (Å²) in [7, 11) is 0. The smallest absolute Gasteiger partial charge is 0.220 e. The zero-order valence-corrected chi connectivity index (χ0v) is 7.34. The Kier molecular flexibility index (Phi) is 3.49. The van der Waals surface area contributed by atoms with Crippen molar-refractivity contribution in [3.8, 4) is 0 Å². The standard InChI is InChI=1S/C8H16N2O2/c1-6(11)3-10-8(12)2-7-4-9-5-7/h6-7,9,11H,2-5H2,1H3,(H,10,12)/t6-/m0/s1. The minimum atomic E-state index is -0.450. The van der Waals surface area contributed by atoms with Gasteiger partial charge in [0.05, 0.1) is 6.10 Å². The summed E-state index contributed by atoms with van der Waals surface area (Å²) in [6.07, 6.45) is 0.133. The lowest BCUT2D eigenvalue weighted by molar-refractivity contribution is -0.122. The van der Waals surface area contributed by atoms with E-state index in [0.717, 1.165) is 13.1 Å². The molecule has 4 nitrogen and oxygen atoms in total. The van der Waals surface area contributed by atoms with E-state index >= 15 is 0 Å². The van der Waals surface area contributed by atoms with Gasteiger partial charge in [0.15, 0.2) is 0 Å². The van der Waals surface area contributed by atoms with E-state index < -0.39 is 6.10 Å². The van der Waals surface area contributed by atoms with Gasteiger partial charge in [-0.3, -0.25) is 4.79 Å². The normalized spacial score (nSPS) is 19.8.